The third kappa shape index (κ3) is 1.31. The van der Waals surface area contributed by atoms with Gasteiger partial charge in [-0.05, 0) is 12.1 Å². The van der Waals surface area contributed by atoms with Gasteiger partial charge in [-0.1, -0.05) is 0 Å². The van der Waals surface area contributed by atoms with Crippen LogP contribution in [0.3, 0.4) is 0 Å². The van der Waals surface area contributed by atoms with Crippen LogP contribution in [0.1, 0.15) is 11.5 Å². The van der Waals surface area contributed by atoms with E-state index in [1.54, 1.807) is 0 Å². The predicted molar refractivity (Wildman–Crippen MR) is 55.8 cm³/mol. The van der Waals surface area contributed by atoms with Crippen molar-refractivity contribution in [2.45, 2.75) is 5.92 Å². The van der Waals surface area contributed by atoms with Gasteiger partial charge in [0.15, 0.2) is 11.5 Å². The molecule has 0 bridgehead atoms. The van der Waals surface area contributed by atoms with E-state index in [-0.39, 0.29) is 11.8 Å². The van der Waals surface area contributed by atoms with Crippen molar-refractivity contribution in [3.63, 3.8) is 0 Å². The number of hydrogen-bond acceptors (Lipinski definition) is 3. The topological polar surface area (TPSA) is 55.8 Å². The predicted octanol–water partition coefficient (Wildman–Crippen LogP) is 1.64. The Bertz CT molecular complexity index is 500. The molecule has 1 aliphatic carbocycles. The van der Waals surface area contributed by atoms with Crippen molar-refractivity contribution >= 4 is 5.97 Å². The summed E-state index contributed by atoms with van der Waals surface area (Å²) >= 11 is 0. The van der Waals surface area contributed by atoms with Crippen molar-refractivity contribution in [1.82, 2.24) is 0 Å². The number of ether oxygens (including phenoxy) is 2. The minimum atomic E-state index is -0.890. The molecule has 4 nitrogen and oxygen atoms in total. The lowest BCUT2D eigenvalue weighted by Crippen LogP contribution is -2.11. The number of carboxylic acids is 1. The fraction of sp³-hybridized carbons (Fsp3) is 0.417. The summed E-state index contributed by atoms with van der Waals surface area (Å²) in [5, 5.41) is 9.02. The lowest BCUT2D eigenvalue weighted by atomic mass is 10.0. The summed E-state index contributed by atoms with van der Waals surface area (Å²) in [6.45, 7) is 0.314. The molecule has 0 aromatic heterocycles. The lowest BCUT2D eigenvalue weighted by Gasteiger charge is -2.19. The summed E-state index contributed by atoms with van der Waals surface area (Å²) < 4.78 is 24.3. The molecule has 2 aliphatic rings. The Morgan fingerprint density at radius 1 is 1.59 bits per heavy atom. The average molecular weight is 238 g/mol. The standard InChI is InChI=1S/C12H11FO4/c1-16-7-3-2-6(13)10-8-5(4-17-11(7)10)9(8)12(14)15/h2-3,5,8-9H,4H2,1H3,(H,14,15). The van der Waals surface area contributed by atoms with Gasteiger partial charge in [-0.3, -0.25) is 4.79 Å². The van der Waals surface area contributed by atoms with Crippen molar-refractivity contribution in [1.29, 1.82) is 0 Å². The molecule has 17 heavy (non-hydrogen) atoms. The van der Waals surface area contributed by atoms with Crippen molar-refractivity contribution in [3.05, 3.63) is 23.5 Å². The van der Waals surface area contributed by atoms with Crippen LogP contribution in [0.25, 0.3) is 0 Å². The molecule has 3 unspecified atom stereocenters. The van der Waals surface area contributed by atoms with Crippen LogP contribution in [0.2, 0.25) is 0 Å². The van der Waals surface area contributed by atoms with Crippen LogP contribution in [0.4, 0.5) is 4.39 Å². The van der Waals surface area contributed by atoms with E-state index >= 15 is 0 Å². The maximum atomic E-state index is 13.8. The Morgan fingerprint density at radius 3 is 3.00 bits per heavy atom. The van der Waals surface area contributed by atoms with Gasteiger partial charge in [0.2, 0.25) is 0 Å². The molecule has 5 heteroatoms. The van der Waals surface area contributed by atoms with Gasteiger partial charge in [0, 0.05) is 17.4 Å². The number of benzene rings is 1. The first-order valence-corrected chi connectivity index (χ1v) is 5.37. The minimum Gasteiger partial charge on any atom is -0.493 e. The van der Waals surface area contributed by atoms with Crippen LogP contribution >= 0.6 is 0 Å². The molecule has 0 saturated heterocycles. The van der Waals surface area contributed by atoms with Gasteiger partial charge in [-0.15, -0.1) is 0 Å². The summed E-state index contributed by atoms with van der Waals surface area (Å²) in [5.74, 6) is -1.41. The highest BCUT2D eigenvalue weighted by Gasteiger charge is 2.60. The van der Waals surface area contributed by atoms with E-state index in [4.69, 9.17) is 14.6 Å². The summed E-state index contributed by atoms with van der Waals surface area (Å²) in [4.78, 5) is 11.0. The second-order valence-corrected chi connectivity index (χ2v) is 4.36. The summed E-state index contributed by atoms with van der Waals surface area (Å²) in [5.41, 5.74) is 0.355. The third-order valence-electron chi connectivity index (χ3n) is 3.53. The highest BCUT2D eigenvalue weighted by atomic mass is 19.1. The first-order valence-electron chi connectivity index (χ1n) is 5.37. The van der Waals surface area contributed by atoms with Gasteiger partial charge in [0.1, 0.15) is 5.82 Å². The van der Waals surface area contributed by atoms with Crippen molar-refractivity contribution in [3.8, 4) is 11.5 Å². The molecule has 0 spiro atoms. The summed E-state index contributed by atoms with van der Waals surface area (Å²) in [6.07, 6.45) is 0. The van der Waals surface area contributed by atoms with E-state index in [0.29, 0.717) is 23.7 Å². The number of fused-ring (bicyclic) bond motifs is 3. The molecule has 1 aliphatic heterocycles. The number of halogens is 1. The molecule has 1 fully saturated rings. The first kappa shape index (κ1) is 10.4. The fourth-order valence-electron chi connectivity index (χ4n) is 2.67. The van der Waals surface area contributed by atoms with E-state index in [9.17, 15) is 9.18 Å². The number of hydrogen-bond donors (Lipinski definition) is 1. The highest BCUT2D eigenvalue weighted by Crippen LogP contribution is 2.61. The maximum Gasteiger partial charge on any atom is 0.307 e. The number of rotatable bonds is 2. The van der Waals surface area contributed by atoms with Crippen molar-refractivity contribution in [2.75, 3.05) is 13.7 Å². The van der Waals surface area contributed by atoms with Gasteiger partial charge in [-0.2, -0.15) is 0 Å². The second-order valence-electron chi connectivity index (χ2n) is 4.36. The zero-order valence-electron chi connectivity index (χ0n) is 9.14. The van der Waals surface area contributed by atoms with Gasteiger partial charge in [0.05, 0.1) is 19.6 Å². The number of methoxy groups -OCH3 is 1. The SMILES string of the molecule is COc1ccc(F)c2c1OCC1C(C(=O)O)C21. The molecule has 3 rings (SSSR count). The molecular formula is C12H11FO4. The molecule has 1 aromatic rings. The van der Waals surface area contributed by atoms with E-state index in [1.807, 2.05) is 0 Å². The zero-order valence-corrected chi connectivity index (χ0v) is 9.14. The second kappa shape index (κ2) is 3.35. The van der Waals surface area contributed by atoms with E-state index < -0.39 is 17.7 Å². The van der Waals surface area contributed by atoms with Gasteiger partial charge >= 0.3 is 5.97 Å². The molecule has 1 N–H and O–H groups in total. The molecule has 3 atom stereocenters. The Labute approximate surface area is 97.0 Å². The Balaban J connectivity index is 2.09. The summed E-state index contributed by atoms with van der Waals surface area (Å²) in [7, 11) is 1.48. The number of aliphatic carboxylic acids is 1. The van der Waals surface area contributed by atoms with Crippen LogP contribution in [0.15, 0.2) is 12.1 Å². The largest absolute Gasteiger partial charge is 0.493 e. The molecular weight excluding hydrogens is 227 g/mol. The number of carbonyl (C=O) groups is 1. The summed E-state index contributed by atoms with van der Waals surface area (Å²) in [6, 6.07) is 2.79. The molecule has 0 amide bonds. The van der Waals surface area contributed by atoms with E-state index in [2.05, 4.69) is 0 Å². The monoisotopic (exact) mass is 238 g/mol. The lowest BCUT2D eigenvalue weighted by molar-refractivity contribution is -0.139. The Hall–Kier alpha value is -1.78. The molecule has 1 aromatic carbocycles. The van der Waals surface area contributed by atoms with Gasteiger partial charge in [-0.25, -0.2) is 4.39 Å². The zero-order chi connectivity index (χ0) is 12.2. The van der Waals surface area contributed by atoms with Gasteiger partial charge < -0.3 is 14.6 Å². The van der Waals surface area contributed by atoms with Crippen molar-refractivity contribution in [2.24, 2.45) is 11.8 Å². The highest BCUT2D eigenvalue weighted by molar-refractivity contribution is 5.77. The van der Waals surface area contributed by atoms with Crippen LogP contribution in [0.5, 0.6) is 11.5 Å². The van der Waals surface area contributed by atoms with Gasteiger partial charge in [0.25, 0.3) is 0 Å². The maximum absolute atomic E-state index is 13.8. The molecule has 1 heterocycles. The smallest absolute Gasteiger partial charge is 0.307 e. The average Bonchev–Trinajstić information content (AvgIpc) is 3.03. The van der Waals surface area contributed by atoms with Crippen LogP contribution in [-0.2, 0) is 4.79 Å². The van der Waals surface area contributed by atoms with Crippen molar-refractivity contribution < 1.29 is 23.8 Å². The minimum absolute atomic E-state index is 0.110. The molecule has 0 radical (unpaired) electrons. The van der Waals surface area contributed by atoms with E-state index in [0.717, 1.165) is 0 Å². The fourth-order valence-corrected chi connectivity index (χ4v) is 2.67. The Kier molecular flexibility index (Phi) is 2.05. The van der Waals surface area contributed by atoms with Crippen LogP contribution in [-0.4, -0.2) is 24.8 Å². The molecule has 90 valence electrons. The quantitative estimate of drug-likeness (QED) is 0.851. The Morgan fingerprint density at radius 2 is 2.35 bits per heavy atom. The number of carboxylic acid groups (broad SMARTS) is 1. The normalized spacial score (nSPS) is 28.7. The first-order chi connectivity index (χ1) is 8.15. The van der Waals surface area contributed by atoms with E-state index in [1.165, 1.54) is 19.2 Å². The molecule has 1 saturated carbocycles. The van der Waals surface area contributed by atoms with Crippen LogP contribution in [0, 0.1) is 17.7 Å². The third-order valence-corrected chi connectivity index (χ3v) is 3.53. The van der Waals surface area contributed by atoms with Crippen LogP contribution < -0.4 is 9.47 Å².